The highest BCUT2D eigenvalue weighted by atomic mass is 16.1. The van der Waals surface area contributed by atoms with Gasteiger partial charge in [0.1, 0.15) is 0 Å². The maximum absolute atomic E-state index is 11.8. The third-order valence-corrected chi connectivity index (χ3v) is 3.93. The lowest BCUT2D eigenvalue weighted by atomic mass is 9.92. The van der Waals surface area contributed by atoms with Gasteiger partial charge in [0.05, 0.1) is 0 Å². The molecule has 1 saturated heterocycles. The van der Waals surface area contributed by atoms with Gasteiger partial charge in [0.25, 0.3) is 0 Å². The van der Waals surface area contributed by atoms with Gasteiger partial charge in [-0.1, -0.05) is 13.8 Å². The number of rotatable bonds is 3. The molecule has 2 unspecified atom stereocenters. The van der Waals surface area contributed by atoms with Crippen LogP contribution in [0.5, 0.6) is 0 Å². The van der Waals surface area contributed by atoms with E-state index in [1.54, 1.807) is 0 Å². The normalized spacial score (nSPS) is 32.9. The Hall–Kier alpha value is -0.570. The lowest BCUT2D eigenvalue weighted by molar-refractivity contribution is -0.122. The van der Waals surface area contributed by atoms with Crippen LogP contribution in [0.3, 0.4) is 0 Å². The predicted molar refractivity (Wildman–Crippen MR) is 65.2 cm³/mol. The highest BCUT2D eigenvalue weighted by molar-refractivity contribution is 5.77. The van der Waals surface area contributed by atoms with E-state index in [4.69, 9.17) is 0 Å². The van der Waals surface area contributed by atoms with Gasteiger partial charge in [-0.3, -0.25) is 4.79 Å². The summed E-state index contributed by atoms with van der Waals surface area (Å²) in [7, 11) is 0. The molecule has 2 fully saturated rings. The summed E-state index contributed by atoms with van der Waals surface area (Å²) in [6.07, 6.45) is 6.56. The summed E-state index contributed by atoms with van der Waals surface area (Å²) < 4.78 is 0. The van der Waals surface area contributed by atoms with E-state index in [9.17, 15) is 4.79 Å². The molecule has 2 rings (SSSR count). The fourth-order valence-corrected chi connectivity index (χ4v) is 3.00. The second kappa shape index (κ2) is 4.74. The van der Waals surface area contributed by atoms with Gasteiger partial charge in [-0.05, 0) is 44.1 Å². The fraction of sp³-hybridized carbons (Fsp3) is 0.923. The van der Waals surface area contributed by atoms with Crippen molar-refractivity contribution in [3.8, 4) is 0 Å². The summed E-state index contributed by atoms with van der Waals surface area (Å²) in [6.45, 7) is 5.66. The molecule has 3 nitrogen and oxygen atoms in total. The summed E-state index contributed by atoms with van der Waals surface area (Å²) in [4.78, 5) is 11.8. The van der Waals surface area contributed by atoms with Crippen molar-refractivity contribution in [3.05, 3.63) is 0 Å². The minimum Gasteiger partial charge on any atom is -0.353 e. The molecule has 0 spiro atoms. The second-order valence-corrected chi connectivity index (χ2v) is 6.17. The molecule has 0 aromatic carbocycles. The maximum Gasteiger partial charge on any atom is 0.221 e. The molecule has 92 valence electrons. The highest BCUT2D eigenvalue weighted by Gasteiger charge is 2.32. The number of hydrogen-bond acceptors (Lipinski definition) is 2. The molecule has 0 radical (unpaired) electrons. The molecule has 1 aliphatic heterocycles. The Morgan fingerprint density at radius 1 is 1.44 bits per heavy atom. The van der Waals surface area contributed by atoms with Crippen LogP contribution in [0, 0.1) is 5.41 Å². The third-order valence-electron chi connectivity index (χ3n) is 3.93. The van der Waals surface area contributed by atoms with Crippen LogP contribution in [0.4, 0.5) is 0 Å². The van der Waals surface area contributed by atoms with Gasteiger partial charge >= 0.3 is 0 Å². The zero-order chi connectivity index (χ0) is 11.6. The van der Waals surface area contributed by atoms with E-state index in [1.165, 1.54) is 12.8 Å². The smallest absolute Gasteiger partial charge is 0.221 e. The molecule has 1 heterocycles. The SMILES string of the molecule is CC1(C)CCC(NC(=O)CC2CCCN2)C1. The van der Waals surface area contributed by atoms with Crippen molar-refractivity contribution < 1.29 is 4.79 Å². The van der Waals surface area contributed by atoms with E-state index < -0.39 is 0 Å². The molecular weight excluding hydrogens is 200 g/mol. The van der Waals surface area contributed by atoms with E-state index in [0.717, 1.165) is 25.8 Å². The van der Waals surface area contributed by atoms with Gasteiger partial charge < -0.3 is 10.6 Å². The summed E-state index contributed by atoms with van der Waals surface area (Å²) in [5.74, 6) is 0.238. The third kappa shape index (κ3) is 3.21. The van der Waals surface area contributed by atoms with Crippen LogP contribution >= 0.6 is 0 Å². The van der Waals surface area contributed by atoms with Gasteiger partial charge in [0, 0.05) is 18.5 Å². The number of amides is 1. The summed E-state index contributed by atoms with van der Waals surface area (Å²) in [5, 5.41) is 6.55. The maximum atomic E-state index is 11.8. The van der Waals surface area contributed by atoms with Crippen LogP contribution in [0.1, 0.15) is 52.4 Å². The topological polar surface area (TPSA) is 41.1 Å². The summed E-state index contributed by atoms with van der Waals surface area (Å²) in [5.41, 5.74) is 0.420. The first kappa shape index (κ1) is 11.9. The van der Waals surface area contributed by atoms with Crippen LogP contribution in [0.2, 0.25) is 0 Å². The molecule has 2 aliphatic rings. The molecule has 16 heavy (non-hydrogen) atoms. The Morgan fingerprint density at radius 2 is 2.25 bits per heavy atom. The standard InChI is InChI=1S/C13H24N2O/c1-13(2)6-5-11(9-13)15-12(16)8-10-4-3-7-14-10/h10-11,14H,3-9H2,1-2H3,(H,15,16). The van der Waals surface area contributed by atoms with Crippen LogP contribution in [0.25, 0.3) is 0 Å². The van der Waals surface area contributed by atoms with Crippen molar-refractivity contribution in [2.75, 3.05) is 6.54 Å². The largest absolute Gasteiger partial charge is 0.353 e. The van der Waals surface area contributed by atoms with Crippen molar-refractivity contribution in [2.24, 2.45) is 5.41 Å². The van der Waals surface area contributed by atoms with Crippen molar-refractivity contribution in [1.29, 1.82) is 0 Å². The van der Waals surface area contributed by atoms with Gasteiger partial charge in [-0.25, -0.2) is 0 Å². The van der Waals surface area contributed by atoms with Crippen molar-refractivity contribution in [2.45, 2.75) is 64.5 Å². The first-order valence-electron chi connectivity index (χ1n) is 6.58. The predicted octanol–water partition coefficient (Wildman–Crippen LogP) is 1.82. The monoisotopic (exact) mass is 224 g/mol. The Balaban J connectivity index is 1.71. The molecule has 0 aromatic heterocycles. The first-order chi connectivity index (χ1) is 7.55. The highest BCUT2D eigenvalue weighted by Crippen LogP contribution is 2.36. The van der Waals surface area contributed by atoms with E-state index in [1.807, 2.05) is 0 Å². The van der Waals surface area contributed by atoms with Gasteiger partial charge in [-0.15, -0.1) is 0 Å². The Labute approximate surface area is 98.4 Å². The fourth-order valence-electron chi connectivity index (χ4n) is 3.00. The average Bonchev–Trinajstić information content (AvgIpc) is 2.76. The molecule has 3 heteroatoms. The minimum atomic E-state index is 0.238. The molecular formula is C13H24N2O. The Morgan fingerprint density at radius 3 is 2.81 bits per heavy atom. The van der Waals surface area contributed by atoms with Gasteiger partial charge in [0.2, 0.25) is 5.91 Å². The van der Waals surface area contributed by atoms with Crippen LogP contribution in [0.15, 0.2) is 0 Å². The van der Waals surface area contributed by atoms with Gasteiger partial charge in [0.15, 0.2) is 0 Å². The molecule has 1 aliphatic carbocycles. The molecule has 1 amide bonds. The molecule has 1 saturated carbocycles. The Bertz CT molecular complexity index is 257. The van der Waals surface area contributed by atoms with Crippen molar-refractivity contribution in [1.82, 2.24) is 10.6 Å². The summed E-state index contributed by atoms with van der Waals surface area (Å²) in [6, 6.07) is 0.846. The number of hydrogen-bond donors (Lipinski definition) is 2. The minimum absolute atomic E-state index is 0.238. The van der Waals surface area contributed by atoms with Crippen LogP contribution in [-0.4, -0.2) is 24.5 Å². The molecule has 0 bridgehead atoms. The lowest BCUT2D eigenvalue weighted by Crippen LogP contribution is -2.37. The van der Waals surface area contributed by atoms with E-state index >= 15 is 0 Å². The van der Waals surface area contributed by atoms with E-state index in [-0.39, 0.29) is 5.91 Å². The summed E-state index contributed by atoms with van der Waals surface area (Å²) >= 11 is 0. The average molecular weight is 224 g/mol. The number of carbonyl (C=O) groups excluding carboxylic acids is 1. The number of nitrogens with one attached hydrogen (secondary N) is 2. The van der Waals surface area contributed by atoms with Crippen molar-refractivity contribution in [3.63, 3.8) is 0 Å². The van der Waals surface area contributed by atoms with E-state index in [2.05, 4.69) is 24.5 Å². The van der Waals surface area contributed by atoms with Crippen LogP contribution < -0.4 is 10.6 Å². The molecule has 0 aromatic rings. The molecule has 2 atom stereocenters. The lowest BCUT2D eigenvalue weighted by Gasteiger charge is -2.18. The van der Waals surface area contributed by atoms with Gasteiger partial charge in [-0.2, -0.15) is 0 Å². The van der Waals surface area contributed by atoms with Crippen molar-refractivity contribution >= 4 is 5.91 Å². The zero-order valence-corrected chi connectivity index (χ0v) is 10.5. The molecule has 2 N–H and O–H groups in total. The van der Waals surface area contributed by atoms with E-state index in [0.29, 0.717) is 23.9 Å². The van der Waals surface area contributed by atoms with Crippen LogP contribution in [-0.2, 0) is 4.79 Å². The number of carbonyl (C=O) groups is 1. The quantitative estimate of drug-likeness (QED) is 0.768. The first-order valence-corrected chi connectivity index (χ1v) is 6.58. The Kier molecular flexibility index (Phi) is 3.53. The zero-order valence-electron chi connectivity index (χ0n) is 10.5. The second-order valence-electron chi connectivity index (χ2n) is 6.17.